The lowest BCUT2D eigenvalue weighted by Gasteiger charge is -2.35. The van der Waals surface area contributed by atoms with Gasteiger partial charge in [0.1, 0.15) is 5.82 Å². The summed E-state index contributed by atoms with van der Waals surface area (Å²) in [7, 11) is 0. The highest BCUT2D eigenvalue weighted by molar-refractivity contribution is 5.95. The van der Waals surface area contributed by atoms with Crippen molar-refractivity contribution < 1.29 is 13.9 Å². The SMILES string of the molecule is CCc1c(C(=O)NCC(c2ccc(F)cc2)N2CCOCC2)cnn1-c1ccccn1. The molecule has 1 amide bonds. The smallest absolute Gasteiger partial charge is 0.254 e. The predicted molar refractivity (Wildman–Crippen MR) is 115 cm³/mol. The molecule has 1 aromatic carbocycles. The fourth-order valence-electron chi connectivity index (χ4n) is 3.90. The summed E-state index contributed by atoms with van der Waals surface area (Å²) in [4.78, 5) is 19.6. The molecule has 1 fully saturated rings. The molecule has 3 aromatic rings. The summed E-state index contributed by atoms with van der Waals surface area (Å²) < 4.78 is 20.6. The average molecular weight is 423 g/mol. The number of nitrogens with one attached hydrogen (secondary N) is 1. The van der Waals surface area contributed by atoms with Crippen LogP contribution in [0.15, 0.2) is 54.9 Å². The van der Waals surface area contributed by atoms with Gasteiger partial charge in [-0.15, -0.1) is 0 Å². The van der Waals surface area contributed by atoms with E-state index in [0.29, 0.717) is 37.6 Å². The minimum Gasteiger partial charge on any atom is -0.379 e. The molecule has 0 aliphatic carbocycles. The number of hydrogen-bond donors (Lipinski definition) is 1. The Balaban J connectivity index is 1.52. The first kappa shape index (κ1) is 21.1. The van der Waals surface area contributed by atoms with Crippen LogP contribution in [-0.4, -0.2) is 58.4 Å². The number of ether oxygens (including phenoxy) is 1. The molecule has 8 heteroatoms. The van der Waals surface area contributed by atoms with E-state index in [1.54, 1.807) is 29.2 Å². The Morgan fingerprint density at radius 2 is 1.97 bits per heavy atom. The lowest BCUT2D eigenvalue weighted by molar-refractivity contribution is 0.0162. The quantitative estimate of drug-likeness (QED) is 0.633. The fraction of sp³-hybridized carbons (Fsp3) is 0.348. The lowest BCUT2D eigenvalue weighted by atomic mass is 10.0. The van der Waals surface area contributed by atoms with Crippen LogP contribution >= 0.6 is 0 Å². The normalized spacial score (nSPS) is 15.5. The van der Waals surface area contributed by atoms with E-state index in [4.69, 9.17) is 4.74 Å². The Morgan fingerprint density at radius 1 is 1.19 bits per heavy atom. The zero-order valence-electron chi connectivity index (χ0n) is 17.5. The Hall–Kier alpha value is -3.10. The molecule has 3 heterocycles. The van der Waals surface area contributed by atoms with Crippen LogP contribution in [0.1, 0.15) is 34.6 Å². The Morgan fingerprint density at radius 3 is 2.65 bits per heavy atom. The lowest BCUT2D eigenvalue weighted by Crippen LogP contribution is -2.43. The molecule has 162 valence electrons. The molecular weight excluding hydrogens is 397 g/mol. The highest BCUT2D eigenvalue weighted by Crippen LogP contribution is 2.22. The van der Waals surface area contributed by atoms with Crippen LogP contribution in [-0.2, 0) is 11.2 Å². The van der Waals surface area contributed by atoms with Crippen molar-refractivity contribution in [2.24, 2.45) is 0 Å². The second-order valence-electron chi connectivity index (χ2n) is 7.38. The van der Waals surface area contributed by atoms with Crippen molar-refractivity contribution in [1.82, 2.24) is 25.0 Å². The predicted octanol–water partition coefficient (Wildman–Crippen LogP) is 2.77. The van der Waals surface area contributed by atoms with Crippen molar-refractivity contribution in [3.63, 3.8) is 0 Å². The number of morpholine rings is 1. The van der Waals surface area contributed by atoms with Crippen molar-refractivity contribution in [1.29, 1.82) is 0 Å². The number of benzene rings is 1. The highest BCUT2D eigenvalue weighted by Gasteiger charge is 2.25. The van der Waals surface area contributed by atoms with E-state index < -0.39 is 0 Å². The maximum absolute atomic E-state index is 13.4. The minimum absolute atomic E-state index is 0.0654. The Labute approximate surface area is 180 Å². The second-order valence-corrected chi connectivity index (χ2v) is 7.38. The number of rotatable bonds is 7. The summed E-state index contributed by atoms with van der Waals surface area (Å²) in [6, 6.07) is 12.0. The third-order valence-corrected chi connectivity index (χ3v) is 5.51. The number of halogens is 1. The molecule has 0 saturated carbocycles. The van der Waals surface area contributed by atoms with Crippen LogP contribution in [0.25, 0.3) is 5.82 Å². The summed E-state index contributed by atoms with van der Waals surface area (Å²) in [6.07, 6.45) is 3.93. The largest absolute Gasteiger partial charge is 0.379 e. The molecule has 4 rings (SSSR count). The van der Waals surface area contributed by atoms with E-state index in [0.717, 1.165) is 24.3 Å². The molecule has 0 bridgehead atoms. The van der Waals surface area contributed by atoms with Crippen molar-refractivity contribution in [2.45, 2.75) is 19.4 Å². The van der Waals surface area contributed by atoms with Gasteiger partial charge in [-0.25, -0.2) is 14.1 Å². The Kier molecular flexibility index (Phi) is 6.69. The summed E-state index contributed by atoms with van der Waals surface area (Å²) in [6.45, 7) is 5.20. The van der Waals surface area contributed by atoms with Crippen molar-refractivity contribution >= 4 is 5.91 Å². The number of aromatic nitrogens is 3. The second kappa shape index (κ2) is 9.80. The number of amides is 1. The molecule has 1 N–H and O–H groups in total. The first-order valence-corrected chi connectivity index (χ1v) is 10.5. The van der Waals surface area contributed by atoms with E-state index in [2.05, 4.69) is 20.3 Å². The van der Waals surface area contributed by atoms with Gasteiger partial charge in [0.15, 0.2) is 5.82 Å². The third-order valence-electron chi connectivity index (χ3n) is 5.51. The maximum atomic E-state index is 13.4. The van der Waals surface area contributed by atoms with Crippen LogP contribution in [0.5, 0.6) is 0 Å². The zero-order valence-corrected chi connectivity index (χ0v) is 17.5. The van der Waals surface area contributed by atoms with E-state index in [1.165, 1.54) is 12.1 Å². The summed E-state index contributed by atoms with van der Waals surface area (Å²) in [5.41, 5.74) is 2.30. The molecule has 0 radical (unpaired) electrons. The third kappa shape index (κ3) is 4.81. The van der Waals surface area contributed by atoms with Crippen LogP contribution in [0, 0.1) is 5.82 Å². The zero-order chi connectivity index (χ0) is 21.6. The summed E-state index contributed by atoms with van der Waals surface area (Å²) in [5.74, 6) is 0.221. The van der Waals surface area contributed by atoms with Crippen LogP contribution in [0.3, 0.4) is 0 Å². The molecular formula is C23H26FN5O2. The fourth-order valence-corrected chi connectivity index (χ4v) is 3.90. The molecule has 7 nitrogen and oxygen atoms in total. The van der Waals surface area contributed by atoms with Gasteiger partial charge in [-0.05, 0) is 36.2 Å². The van der Waals surface area contributed by atoms with Crippen LogP contribution < -0.4 is 5.32 Å². The topological polar surface area (TPSA) is 72.3 Å². The first-order chi connectivity index (χ1) is 15.2. The van der Waals surface area contributed by atoms with E-state index in [1.807, 2.05) is 25.1 Å². The molecule has 1 aliphatic heterocycles. The molecule has 1 aliphatic rings. The average Bonchev–Trinajstić information content (AvgIpc) is 3.26. The number of pyridine rings is 1. The number of carbonyl (C=O) groups is 1. The van der Waals surface area contributed by atoms with Gasteiger partial charge >= 0.3 is 0 Å². The first-order valence-electron chi connectivity index (χ1n) is 10.5. The van der Waals surface area contributed by atoms with Gasteiger partial charge in [0.25, 0.3) is 5.91 Å². The van der Waals surface area contributed by atoms with Crippen molar-refractivity contribution in [2.75, 3.05) is 32.8 Å². The van der Waals surface area contributed by atoms with E-state index >= 15 is 0 Å². The monoisotopic (exact) mass is 423 g/mol. The molecule has 0 spiro atoms. The molecule has 31 heavy (non-hydrogen) atoms. The van der Waals surface area contributed by atoms with Gasteiger partial charge < -0.3 is 10.1 Å². The van der Waals surface area contributed by atoms with E-state index in [-0.39, 0.29) is 17.8 Å². The molecule has 2 aromatic heterocycles. The van der Waals surface area contributed by atoms with E-state index in [9.17, 15) is 9.18 Å². The van der Waals surface area contributed by atoms with Gasteiger partial charge in [-0.1, -0.05) is 25.1 Å². The number of carbonyl (C=O) groups excluding carboxylic acids is 1. The maximum Gasteiger partial charge on any atom is 0.254 e. The summed E-state index contributed by atoms with van der Waals surface area (Å²) >= 11 is 0. The molecule has 1 saturated heterocycles. The number of hydrogen-bond acceptors (Lipinski definition) is 5. The van der Waals surface area contributed by atoms with Gasteiger partial charge in [0.05, 0.1) is 36.7 Å². The standard InChI is InChI=1S/C23H26FN5O2/c1-2-20-19(15-27-29(20)22-5-3-4-10-25-22)23(30)26-16-21(28-11-13-31-14-12-28)17-6-8-18(24)9-7-17/h3-10,15,21H,2,11-14,16H2,1H3,(H,26,30). The van der Waals surface area contributed by atoms with Crippen molar-refractivity contribution in [3.8, 4) is 5.82 Å². The van der Waals surface area contributed by atoms with Gasteiger partial charge in [0.2, 0.25) is 0 Å². The highest BCUT2D eigenvalue weighted by atomic mass is 19.1. The van der Waals surface area contributed by atoms with Crippen LogP contribution in [0.2, 0.25) is 0 Å². The van der Waals surface area contributed by atoms with Crippen molar-refractivity contribution in [3.05, 3.63) is 77.5 Å². The van der Waals surface area contributed by atoms with Crippen LogP contribution in [0.4, 0.5) is 4.39 Å². The molecule has 1 unspecified atom stereocenters. The van der Waals surface area contributed by atoms with Gasteiger partial charge in [-0.2, -0.15) is 5.10 Å². The summed E-state index contributed by atoms with van der Waals surface area (Å²) in [5, 5.41) is 7.45. The number of nitrogens with zero attached hydrogens (tertiary/aromatic N) is 4. The Bertz CT molecular complexity index is 1000. The molecule has 1 atom stereocenters. The van der Waals surface area contributed by atoms with Gasteiger partial charge in [0, 0.05) is 25.8 Å². The minimum atomic E-state index is -0.275. The van der Waals surface area contributed by atoms with Gasteiger partial charge in [-0.3, -0.25) is 9.69 Å².